The van der Waals surface area contributed by atoms with Crippen LogP contribution in [0.15, 0.2) is 34.1 Å². The van der Waals surface area contributed by atoms with Gasteiger partial charge in [0.05, 0.1) is 17.4 Å². The maximum absolute atomic E-state index is 3.61. The lowest BCUT2D eigenvalue weighted by Gasteiger charge is -2.22. The first kappa shape index (κ1) is 14.4. The zero-order valence-corrected chi connectivity index (χ0v) is 14.1. The fraction of sp³-hybridized carbons (Fsp3) is 0.333. The highest BCUT2D eigenvalue weighted by atomic mass is 79.9. The van der Waals surface area contributed by atoms with E-state index in [2.05, 4.69) is 83.7 Å². The Morgan fingerprint density at radius 3 is 2.58 bits per heavy atom. The Morgan fingerprint density at radius 1 is 1.26 bits per heavy atom. The van der Waals surface area contributed by atoms with Crippen molar-refractivity contribution >= 4 is 38.6 Å². The second-order valence-corrected chi connectivity index (χ2v) is 6.75. The van der Waals surface area contributed by atoms with Crippen molar-refractivity contribution in [2.45, 2.75) is 19.9 Å². The van der Waals surface area contributed by atoms with Crippen LogP contribution in [-0.2, 0) is 0 Å². The molecule has 1 atom stereocenters. The number of benzene rings is 1. The molecule has 0 fully saturated rings. The molecule has 0 spiro atoms. The molecule has 4 heteroatoms. The molecule has 0 bridgehead atoms. The minimum Gasteiger partial charge on any atom is -0.376 e. The van der Waals surface area contributed by atoms with Gasteiger partial charge in [0.25, 0.3) is 0 Å². The van der Waals surface area contributed by atoms with Gasteiger partial charge in [0, 0.05) is 23.4 Å². The molecule has 0 saturated heterocycles. The average molecular weight is 339 g/mol. The third-order valence-electron chi connectivity index (χ3n) is 3.11. The monoisotopic (exact) mass is 338 g/mol. The summed E-state index contributed by atoms with van der Waals surface area (Å²) >= 11 is 5.35. The fourth-order valence-electron chi connectivity index (χ4n) is 2.14. The fourth-order valence-corrected chi connectivity index (χ4v) is 3.44. The van der Waals surface area contributed by atoms with Crippen molar-refractivity contribution in [3.63, 3.8) is 0 Å². The topological polar surface area (TPSA) is 15.3 Å². The highest BCUT2D eigenvalue weighted by Crippen LogP contribution is 2.33. The molecular formula is C15H19BrN2S. The highest BCUT2D eigenvalue weighted by Gasteiger charge is 2.12. The number of nitrogens with one attached hydrogen (secondary N) is 1. The summed E-state index contributed by atoms with van der Waals surface area (Å²) < 4.78 is 1.09. The summed E-state index contributed by atoms with van der Waals surface area (Å²) in [5.41, 5.74) is 3.70. The molecule has 1 aromatic heterocycles. The van der Waals surface area contributed by atoms with Crippen molar-refractivity contribution in [1.82, 2.24) is 0 Å². The van der Waals surface area contributed by atoms with Crippen molar-refractivity contribution in [2.24, 2.45) is 0 Å². The van der Waals surface area contributed by atoms with E-state index in [-0.39, 0.29) is 0 Å². The molecule has 0 radical (unpaired) electrons. The molecule has 0 aliphatic heterocycles. The summed E-state index contributed by atoms with van der Waals surface area (Å²) in [5.74, 6) is 0. The van der Waals surface area contributed by atoms with Crippen molar-refractivity contribution in [3.05, 3.63) is 44.6 Å². The number of halogens is 1. The molecule has 0 aliphatic rings. The normalized spacial score (nSPS) is 12.3. The van der Waals surface area contributed by atoms with Crippen LogP contribution in [0.2, 0.25) is 0 Å². The minimum atomic E-state index is 0.313. The Morgan fingerprint density at radius 2 is 2.00 bits per heavy atom. The number of hydrogen-bond donors (Lipinski definition) is 1. The molecule has 19 heavy (non-hydrogen) atoms. The molecule has 2 rings (SSSR count). The minimum absolute atomic E-state index is 0.313. The smallest absolute Gasteiger partial charge is 0.0597 e. The van der Waals surface area contributed by atoms with Gasteiger partial charge in [-0.3, -0.25) is 0 Å². The van der Waals surface area contributed by atoms with E-state index in [0.717, 1.165) is 10.2 Å². The lowest BCUT2D eigenvalue weighted by Crippen LogP contribution is -2.14. The van der Waals surface area contributed by atoms with Crippen LogP contribution in [0.3, 0.4) is 0 Å². The molecule has 2 aromatic rings. The van der Waals surface area contributed by atoms with Gasteiger partial charge in [0.15, 0.2) is 0 Å². The zero-order chi connectivity index (χ0) is 14.0. The number of nitrogens with zero attached hydrogens (tertiary/aromatic N) is 1. The Hall–Kier alpha value is -1.00. The molecule has 1 unspecified atom stereocenters. The SMILES string of the molecule is Cc1ccsc1C(C)Nc1cc(Br)ccc1N(C)C. The Balaban J connectivity index is 2.28. The van der Waals surface area contributed by atoms with Crippen molar-refractivity contribution in [1.29, 1.82) is 0 Å². The number of rotatable bonds is 4. The van der Waals surface area contributed by atoms with Gasteiger partial charge in [-0.25, -0.2) is 0 Å². The van der Waals surface area contributed by atoms with Crippen LogP contribution in [0, 0.1) is 6.92 Å². The second-order valence-electron chi connectivity index (χ2n) is 4.89. The lowest BCUT2D eigenvalue weighted by atomic mass is 10.1. The molecule has 1 N–H and O–H groups in total. The van der Waals surface area contributed by atoms with Gasteiger partial charge in [-0.05, 0) is 49.1 Å². The molecule has 102 valence electrons. The van der Waals surface area contributed by atoms with Gasteiger partial charge in [0.1, 0.15) is 0 Å². The summed E-state index contributed by atoms with van der Waals surface area (Å²) in [6.07, 6.45) is 0. The molecule has 0 aliphatic carbocycles. The molecular weight excluding hydrogens is 320 g/mol. The van der Waals surface area contributed by atoms with Gasteiger partial charge < -0.3 is 10.2 Å². The zero-order valence-electron chi connectivity index (χ0n) is 11.7. The second kappa shape index (κ2) is 5.97. The standard InChI is InChI=1S/C15H19BrN2S/c1-10-7-8-19-15(10)11(2)17-13-9-12(16)5-6-14(13)18(3)4/h5-9,11,17H,1-4H3. The third kappa shape index (κ3) is 3.31. The largest absolute Gasteiger partial charge is 0.376 e. The molecule has 1 aromatic carbocycles. The van der Waals surface area contributed by atoms with E-state index in [1.165, 1.54) is 16.1 Å². The summed E-state index contributed by atoms with van der Waals surface area (Å²) in [4.78, 5) is 3.52. The van der Waals surface area contributed by atoms with Gasteiger partial charge in [-0.2, -0.15) is 0 Å². The van der Waals surface area contributed by atoms with Crippen molar-refractivity contribution in [2.75, 3.05) is 24.3 Å². The first-order valence-corrected chi connectivity index (χ1v) is 7.93. The molecule has 0 saturated carbocycles. The van der Waals surface area contributed by atoms with Gasteiger partial charge in [-0.15, -0.1) is 11.3 Å². The predicted molar refractivity (Wildman–Crippen MR) is 89.6 cm³/mol. The van der Waals surface area contributed by atoms with Crippen LogP contribution in [0.4, 0.5) is 11.4 Å². The van der Waals surface area contributed by atoms with E-state index >= 15 is 0 Å². The maximum atomic E-state index is 3.61. The third-order valence-corrected chi connectivity index (χ3v) is 4.80. The van der Waals surface area contributed by atoms with E-state index in [1.54, 1.807) is 0 Å². The average Bonchev–Trinajstić information content (AvgIpc) is 2.75. The van der Waals surface area contributed by atoms with Crippen LogP contribution < -0.4 is 10.2 Å². The lowest BCUT2D eigenvalue weighted by molar-refractivity contribution is 0.896. The first-order valence-electron chi connectivity index (χ1n) is 6.26. The van der Waals surface area contributed by atoms with Crippen LogP contribution in [0.1, 0.15) is 23.4 Å². The summed E-state index contributed by atoms with van der Waals surface area (Å²) in [5, 5.41) is 5.76. The van der Waals surface area contributed by atoms with Gasteiger partial charge in [-0.1, -0.05) is 15.9 Å². The number of anilines is 2. The molecule has 2 nitrogen and oxygen atoms in total. The van der Waals surface area contributed by atoms with E-state index in [0.29, 0.717) is 6.04 Å². The highest BCUT2D eigenvalue weighted by molar-refractivity contribution is 9.10. The quantitative estimate of drug-likeness (QED) is 0.838. The van der Waals surface area contributed by atoms with Gasteiger partial charge >= 0.3 is 0 Å². The first-order chi connectivity index (χ1) is 8.99. The summed E-state index contributed by atoms with van der Waals surface area (Å²) in [6.45, 7) is 4.37. The Kier molecular flexibility index (Phi) is 4.53. The van der Waals surface area contributed by atoms with Crippen molar-refractivity contribution in [3.8, 4) is 0 Å². The van der Waals surface area contributed by atoms with E-state index < -0.39 is 0 Å². The number of thiophene rings is 1. The molecule has 0 amide bonds. The summed E-state index contributed by atoms with van der Waals surface area (Å²) in [7, 11) is 4.13. The Labute approximate surface area is 127 Å². The van der Waals surface area contributed by atoms with Crippen LogP contribution in [0.25, 0.3) is 0 Å². The summed E-state index contributed by atoms with van der Waals surface area (Å²) in [6, 6.07) is 8.82. The van der Waals surface area contributed by atoms with Crippen molar-refractivity contribution < 1.29 is 0 Å². The van der Waals surface area contributed by atoms with E-state index in [9.17, 15) is 0 Å². The van der Waals surface area contributed by atoms with Crippen LogP contribution in [0.5, 0.6) is 0 Å². The van der Waals surface area contributed by atoms with E-state index in [1.807, 2.05) is 11.3 Å². The Bertz CT molecular complexity index is 563. The number of aryl methyl sites for hydroxylation is 1. The van der Waals surface area contributed by atoms with Gasteiger partial charge in [0.2, 0.25) is 0 Å². The maximum Gasteiger partial charge on any atom is 0.0597 e. The van der Waals surface area contributed by atoms with Crippen LogP contribution >= 0.6 is 27.3 Å². The number of hydrogen-bond acceptors (Lipinski definition) is 3. The molecule has 1 heterocycles. The van der Waals surface area contributed by atoms with E-state index in [4.69, 9.17) is 0 Å². The van der Waals surface area contributed by atoms with Crippen LogP contribution in [-0.4, -0.2) is 14.1 Å². The predicted octanol–water partition coefficient (Wildman–Crippen LogP) is 5.06.